The van der Waals surface area contributed by atoms with Crippen molar-refractivity contribution in [2.75, 3.05) is 0 Å². The van der Waals surface area contributed by atoms with Gasteiger partial charge in [-0.05, 0) is 71.1 Å². The van der Waals surface area contributed by atoms with Crippen molar-refractivity contribution in [3.05, 3.63) is 14.9 Å². The van der Waals surface area contributed by atoms with Gasteiger partial charge in [-0.1, -0.05) is 34.6 Å². The van der Waals surface area contributed by atoms with E-state index in [4.69, 9.17) is 13.6 Å². The van der Waals surface area contributed by atoms with Crippen molar-refractivity contribution < 1.29 is 33.7 Å². The molecule has 1 aliphatic carbocycles. The van der Waals surface area contributed by atoms with E-state index >= 15 is 0 Å². The zero-order valence-electron chi connectivity index (χ0n) is 19.6. The first-order valence-electron chi connectivity index (χ1n) is 9.27. The molecule has 1 fully saturated rings. The minimum Gasteiger partial charge on any atom is -0.358 e. The van der Waals surface area contributed by atoms with Crippen LogP contribution in [0.4, 0.5) is 0 Å². The number of hydrogen-bond acceptors (Lipinski definition) is 3. The van der Waals surface area contributed by atoms with Crippen LogP contribution in [0.2, 0.25) is 0 Å². The first-order chi connectivity index (χ1) is 10.5. The predicted molar refractivity (Wildman–Crippen MR) is 114 cm³/mol. The minimum atomic E-state index is -1.18. The van der Waals surface area contributed by atoms with Gasteiger partial charge in [0.2, 0.25) is 0 Å². The molecule has 1 rings (SSSR count). The summed E-state index contributed by atoms with van der Waals surface area (Å²) in [6, 6.07) is 0. The van der Waals surface area contributed by atoms with Crippen molar-refractivity contribution in [3.8, 4) is 0 Å². The summed E-state index contributed by atoms with van der Waals surface area (Å²) in [6.45, 7) is 23.8. The van der Waals surface area contributed by atoms with Gasteiger partial charge in [0.15, 0.2) is 0 Å². The molecule has 1 aliphatic rings. The van der Waals surface area contributed by atoms with E-state index in [1.807, 2.05) is 41.5 Å². The molecule has 26 heavy (non-hydrogen) atoms. The van der Waals surface area contributed by atoms with Gasteiger partial charge < -0.3 is 28.4 Å². The van der Waals surface area contributed by atoms with Gasteiger partial charge in [-0.2, -0.15) is 0 Å². The van der Waals surface area contributed by atoms with Gasteiger partial charge in [0, 0.05) is 0 Å². The molecule has 0 unspecified atom stereocenters. The van der Waals surface area contributed by atoms with E-state index in [1.54, 1.807) is 0 Å². The SMILES string of the molecule is CC(C)OP(OC(C)C)OC(C)C.CC1C(C)C(C)C(C)C1C.[CH3-].[CH3-].[Ir+3]. The van der Waals surface area contributed by atoms with Crippen LogP contribution in [0.15, 0.2) is 0 Å². The molecule has 3 nitrogen and oxygen atoms in total. The molecule has 0 heterocycles. The fourth-order valence-corrected chi connectivity index (χ4v) is 4.17. The summed E-state index contributed by atoms with van der Waals surface area (Å²) in [7, 11) is -1.18. The Morgan fingerprint density at radius 1 is 0.500 bits per heavy atom. The third-order valence-electron chi connectivity index (χ3n) is 5.04. The van der Waals surface area contributed by atoms with Crippen molar-refractivity contribution >= 4 is 8.60 Å². The second-order valence-electron chi connectivity index (χ2n) is 7.98. The summed E-state index contributed by atoms with van der Waals surface area (Å²) in [5.41, 5.74) is 0. The molecule has 1 saturated carbocycles. The van der Waals surface area contributed by atoms with Gasteiger partial charge in [-0.3, -0.25) is 0 Å². The Bertz CT molecular complexity index is 245. The van der Waals surface area contributed by atoms with Crippen molar-refractivity contribution in [3.63, 3.8) is 0 Å². The Morgan fingerprint density at radius 2 is 0.654 bits per heavy atom. The van der Waals surface area contributed by atoms with Gasteiger partial charge >= 0.3 is 28.7 Å². The molecule has 0 atom stereocenters. The normalized spacial score (nSPS) is 27.6. The Morgan fingerprint density at radius 3 is 0.769 bits per heavy atom. The third kappa shape index (κ3) is 13.2. The molecule has 0 N–H and O–H groups in total. The maximum absolute atomic E-state index is 5.49. The average molecular weight is 571 g/mol. The number of hydrogen-bond donors (Lipinski definition) is 0. The first kappa shape index (κ1) is 34.5. The van der Waals surface area contributed by atoms with Crippen LogP contribution in [-0.2, 0) is 33.7 Å². The van der Waals surface area contributed by atoms with E-state index in [1.165, 1.54) is 0 Å². The van der Waals surface area contributed by atoms with E-state index in [0.717, 1.165) is 29.6 Å². The zero-order chi connectivity index (χ0) is 18.3. The Labute approximate surface area is 181 Å². The molecule has 0 aromatic carbocycles. The quantitative estimate of drug-likeness (QED) is 0.244. The largest absolute Gasteiger partial charge is 3.00 e. The first-order valence-corrected chi connectivity index (χ1v) is 10.4. The summed E-state index contributed by atoms with van der Waals surface area (Å²) in [5, 5.41) is 0. The standard InChI is InChI=1S/C10H20.C9H21O3P.2CH3.Ir/c1-6-7(2)9(4)10(5)8(6)3;1-7(2)10-13(11-8(3)4)12-9(5)6;;;/h6-10H,1-5H3;7-9H,1-6H3;2*1H3;/q;;2*-1;+3. The molecule has 0 bridgehead atoms. The molecule has 0 amide bonds. The monoisotopic (exact) mass is 571 g/mol. The number of rotatable bonds is 6. The Hall–Kier alpha value is 0.959. The summed E-state index contributed by atoms with van der Waals surface area (Å²) in [6.07, 6.45) is 0.427. The maximum Gasteiger partial charge on any atom is 3.00 e. The summed E-state index contributed by atoms with van der Waals surface area (Å²) in [4.78, 5) is 0. The van der Waals surface area contributed by atoms with Crippen LogP contribution in [-0.4, -0.2) is 18.3 Å². The zero-order valence-corrected chi connectivity index (χ0v) is 22.9. The molecule has 0 saturated heterocycles. The van der Waals surface area contributed by atoms with Crippen LogP contribution >= 0.6 is 8.60 Å². The predicted octanol–water partition coefficient (Wildman–Crippen LogP) is 7.57. The van der Waals surface area contributed by atoms with Crippen LogP contribution in [0.5, 0.6) is 0 Å². The molecule has 0 aliphatic heterocycles. The second-order valence-corrected chi connectivity index (χ2v) is 9.06. The van der Waals surface area contributed by atoms with E-state index in [9.17, 15) is 0 Å². The van der Waals surface area contributed by atoms with Crippen LogP contribution in [0.3, 0.4) is 0 Å². The van der Waals surface area contributed by atoms with Gasteiger partial charge in [-0.25, -0.2) is 0 Å². The van der Waals surface area contributed by atoms with Gasteiger partial charge in [-0.15, -0.1) is 0 Å². The maximum atomic E-state index is 5.49. The molecule has 162 valence electrons. The fourth-order valence-electron chi connectivity index (χ4n) is 2.99. The van der Waals surface area contributed by atoms with Crippen LogP contribution in [0.1, 0.15) is 76.2 Å². The summed E-state index contributed by atoms with van der Waals surface area (Å²) >= 11 is 0. The molecule has 0 spiro atoms. The van der Waals surface area contributed by atoms with Crippen LogP contribution in [0.25, 0.3) is 0 Å². The molecular formula is C21H47IrO3P+. The van der Waals surface area contributed by atoms with E-state index in [0.29, 0.717) is 0 Å². The molecule has 0 aromatic rings. The topological polar surface area (TPSA) is 27.7 Å². The minimum absolute atomic E-state index is 0. The van der Waals surface area contributed by atoms with Gasteiger partial charge in [0.05, 0.1) is 18.3 Å². The summed E-state index contributed by atoms with van der Waals surface area (Å²) < 4.78 is 16.5. The molecule has 0 radical (unpaired) electrons. The van der Waals surface area contributed by atoms with E-state index in [2.05, 4.69) is 34.6 Å². The van der Waals surface area contributed by atoms with Crippen molar-refractivity contribution in [1.82, 2.24) is 0 Å². The van der Waals surface area contributed by atoms with Crippen molar-refractivity contribution in [2.24, 2.45) is 29.6 Å². The second kappa shape index (κ2) is 16.9. The van der Waals surface area contributed by atoms with Gasteiger partial charge in [0.25, 0.3) is 0 Å². The molecular weight excluding hydrogens is 523 g/mol. The molecule has 5 heteroatoms. The van der Waals surface area contributed by atoms with Crippen LogP contribution < -0.4 is 0 Å². The van der Waals surface area contributed by atoms with Crippen molar-refractivity contribution in [1.29, 1.82) is 0 Å². The van der Waals surface area contributed by atoms with E-state index < -0.39 is 8.60 Å². The Balaban J connectivity index is -0.000000170. The van der Waals surface area contributed by atoms with Gasteiger partial charge in [0.1, 0.15) is 0 Å². The average Bonchev–Trinajstić information content (AvgIpc) is 2.55. The molecule has 0 aromatic heterocycles. The fraction of sp³-hybridized carbons (Fsp3) is 0.905. The van der Waals surface area contributed by atoms with E-state index in [-0.39, 0.29) is 53.3 Å². The third-order valence-corrected chi connectivity index (χ3v) is 6.82. The summed E-state index contributed by atoms with van der Waals surface area (Å²) in [5.74, 6) is 4.68. The van der Waals surface area contributed by atoms with Crippen LogP contribution in [0, 0.1) is 44.4 Å². The van der Waals surface area contributed by atoms with Crippen molar-refractivity contribution in [2.45, 2.75) is 94.5 Å². The Kier molecular flexibility index (Phi) is 22.4. The smallest absolute Gasteiger partial charge is 0.358 e.